The Kier molecular flexibility index (Phi) is 7.35. The Labute approximate surface area is 135 Å². The number of carboxylic acids is 1. The van der Waals surface area contributed by atoms with Gasteiger partial charge in [-0.25, -0.2) is 9.59 Å². The van der Waals surface area contributed by atoms with Crippen molar-refractivity contribution in [3.8, 4) is 0 Å². The maximum atomic E-state index is 12.0. The van der Waals surface area contributed by atoms with Crippen LogP contribution in [-0.4, -0.2) is 36.9 Å². The van der Waals surface area contributed by atoms with Crippen LogP contribution in [0.1, 0.15) is 41.5 Å². The minimum Gasteiger partial charge on any atom is -0.480 e. The topological polar surface area (TPSA) is 75.6 Å². The third kappa shape index (κ3) is 6.21. The molecule has 0 unspecified atom stereocenters. The van der Waals surface area contributed by atoms with E-state index < -0.39 is 31.8 Å². The summed E-state index contributed by atoms with van der Waals surface area (Å²) in [7, 11) is -1.92. The van der Waals surface area contributed by atoms with Gasteiger partial charge in [0.15, 0.2) is 0 Å². The smallest absolute Gasteiger partial charge is 0.408 e. The average Bonchev–Trinajstić information content (AvgIpc) is 2.30. The maximum absolute atomic E-state index is 12.0. The highest BCUT2D eigenvalue weighted by molar-refractivity contribution is 6.80. The van der Waals surface area contributed by atoms with Crippen molar-refractivity contribution in [2.75, 3.05) is 0 Å². The summed E-state index contributed by atoms with van der Waals surface area (Å²) in [5.41, 5.74) is -0.479. The first-order valence-electron chi connectivity index (χ1n) is 7.68. The van der Waals surface area contributed by atoms with E-state index in [1.54, 1.807) is 20.8 Å². The fraction of sp³-hybridized carbons (Fsp3) is 0.750. The zero-order chi connectivity index (χ0) is 17.7. The van der Waals surface area contributed by atoms with Crippen LogP contribution in [0.4, 0.5) is 4.79 Å². The molecule has 0 aromatic heterocycles. The monoisotopic (exact) mass is 329 g/mol. The molecule has 0 aromatic rings. The molecule has 0 bridgehead atoms. The van der Waals surface area contributed by atoms with Crippen molar-refractivity contribution in [3.63, 3.8) is 0 Å². The third-order valence-electron chi connectivity index (χ3n) is 4.04. The van der Waals surface area contributed by atoms with Crippen molar-refractivity contribution < 1.29 is 19.4 Å². The van der Waals surface area contributed by atoms with E-state index in [9.17, 15) is 14.7 Å². The molecule has 5 nitrogen and oxygen atoms in total. The van der Waals surface area contributed by atoms with Gasteiger partial charge < -0.3 is 15.2 Å². The molecule has 0 spiro atoms. The lowest BCUT2D eigenvalue weighted by Crippen LogP contribution is -2.52. The highest BCUT2D eigenvalue weighted by Crippen LogP contribution is 2.36. The van der Waals surface area contributed by atoms with Gasteiger partial charge >= 0.3 is 12.1 Å². The van der Waals surface area contributed by atoms with Gasteiger partial charge in [-0.05, 0) is 27.7 Å². The van der Waals surface area contributed by atoms with E-state index in [1.165, 1.54) is 0 Å². The standard InChI is InChI=1S/C16H31NO4Si/c1-9-10-12(22(7,8)11(2)3)13(14(18)19)17-15(20)21-16(4,5)6/h9-13H,1-8H3,(H,17,20)(H,18,19)/b10-9+/t12-,13+/m0/s1. The number of hydrogen-bond acceptors (Lipinski definition) is 3. The number of rotatable bonds is 6. The van der Waals surface area contributed by atoms with Crippen LogP contribution in [0, 0.1) is 0 Å². The average molecular weight is 330 g/mol. The highest BCUT2D eigenvalue weighted by atomic mass is 28.3. The minimum atomic E-state index is -1.92. The first-order valence-corrected chi connectivity index (χ1v) is 10.8. The largest absolute Gasteiger partial charge is 0.480 e. The lowest BCUT2D eigenvalue weighted by molar-refractivity contribution is -0.139. The first-order chi connectivity index (χ1) is 9.82. The Balaban J connectivity index is 5.43. The molecule has 2 N–H and O–H groups in total. The predicted octanol–water partition coefficient (Wildman–Crippen LogP) is 4.03. The number of carboxylic acid groups (broad SMARTS) is 1. The third-order valence-corrected chi connectivity index (χ3v) is 9.26. The number of allylic oxidation sites excluding steroid dienone is 1. The number of amides is 1. The SMILES string of the molecule is C/C=C/[C@@H]([C@@H](NC(=O)OC(C)(C)C)C(=O)O)[Si](C)(C)C(C)C. The van der Waals surface area contributed by atoms with Crippen molar-refractivity contribution in [3.05, 3.63) is 12.2 Å². The molecule has 0 aliphatic carbocycles. The van der Waals surface area contributed by atoms with Crippen molar-refractivity contribution in [1.29, 1.82) is 0 Å². The van der Waals surface area contributed by atoms with E-state index in [0.717, 1.165) is 0 Å². The molecule has 0 heterocycles. The Morgan fingerprint density at radius 3 is 2.05 bits per heavy atom. The molecule has 0 aliphatic heterocycles. The summed E-state index contributed by atoms with van der Waals surface area (Å²) >= 11 is 0. The van der Waals surface area contributed by atoms with Gasteiger partial charge in [0.1, 0.15) is 11.6 Å². The van der Waals surface area contributed by atoms with Gasteiger partial charge in [-0.1, -0.05) is 44.6 Å². The molecule has 0 saturated heterocycles. The highest BCUT2D eigenvalue weighted by Gasteiger charge is 2.42. The molecule has 0 aromatic carbocycles. The summed E-state index contributed by atoms with van der Waals surface area (Å²) < 4.78 is 5.20. The van der Waals surface area contributed by atoms with E-state index >= 15 is 0 Å². The molecule has 1 amide bonds. The molecule has 2 atom stereocenters. The van der Waals surface area contributed by atoms with Crippen LogP contribution >= 0.6 is 0 Å². The predicted molar refractivity (Wildman–Crippen MR) is 91.9 cm³/mol. The second kappa shape index (κ2) is 7.81. The molecule has 22 heavy (non-hydrogen) atoms. The quantitative estimate of drug-likeness (QED) is 0.570. The number of aliphatic carboxylic acids is 1. The molecule has 0 rings (SSSR count). The maximum Gasteiger partial charge on any atom is 0.408 e. The van der Waals surface area contributed by atoms with Crippen molar-refractivity contribution >= 4 is 20.1 Å². The van der Waals surface area contributed by atoms with Crippen LogP contribution in [0.3, 0.4) is 0 Å². The van der Waals surface area contributed by atoms with Gasteiger partial charge in [0.2, 0.25) is 0 Å². The van der Waals surface area contributed by atoms with Crippen LogP contribution in [0.5, 0.6) is 0 Å². The molecule has 0 fully saturated rings. The van der Waals surface area contributed by atoms with Gasteiger partial charge in [-0.2, -0.15) is 0 Å². The molecule has 128 valence electrons. The molecule has 6 heteroatoms. The zero-order valence-corrected chi connectivity index (χ0v) is 16.1. The summed E-state index contributed by atoms with van der Waals surface area (Å²) in [6.07, 6.45) is 3.07. The summed E-state index contributed by atoms with van der Waals surface area (Å²) in [6, 6.07) is -0.977. The van der Waals surface area contributed by atoms with Gasteiger partial charge in [0.25, 0.3) is 0 Å². The van der Waals surface area contributed by atoms with Gasteiger partial charge in [-0.3, -0.25) is 0 Å². The summed E-state index contributed by atoms with van der Waals surface area (Å²) in [5.74, 6) is -1.03. The minimum absolute atomic E-state index is 0.206. The summed E-state index contributed by atoms with van der Waals surface area (Å²) in [5, 5.41) is 12.1. The van der Waals surface area contributed by atoms with Gasteiger partial charge in [0, 0.05) is 5.54 Å². The van der Waals surface area contributed by atoms with E-state index in [1.807, 2.05) is 19.1 Å². The van der Waals surface area contributed by atoms with E-state index in [2.05, 4.69) is 32.3 Å². The molecular weight excluding hydrogens is 298 g/mol. The second-order valence-corrected chi connectivity index (χ2v) is 13.0. The molecule has 0 radical (unpaired) electrons. The first kappa shape index (κ1) is 20.7. The number of carbonyl (C=O) groups is 2. The Bertz CT molecular complexity index is 424. The normalized spacial score (nSPS) is 15.7. The van der Waals surface area contributed by atoms with Crippen LogP contribution in [0.25, 0.3) is 0 Å². The lowest BCUT2D eigenvalue weighted by Gasteiger charge is -2.38. The van der Waals surface area contributed by atoms with Crippen molar-refractivity contribution in [2.45, 2.75) is 77.4 Å². The van der Waals surface area contributed by atoms with Crippen LogP contribution in [0.15, 0.2) is 12.2 Å². The number of nitrogens with one attached hydrogen (secondary N) is 1. The van der Waals surface area contributed by atoms with Crippen LogP contribution in [-0.2, 0) is 9.53 Å². The van der Waals surface area contributed by atoms with E-state index in [4.69, 9.17) is 4.74 Å². The van der Waals surface area contributed by atoms with E-state index in [-0.39, 0.29) is 5.54 Å². The van der Waals surface area contributed by atoms with Gasteiger partial charge in [0.05, 0.1) is 8.07 Å². The second-order valence-electron chi connectivity index (χ2n) is 7.49. The number of alkyl carbamates (subject to hydrolysis) is 1. The Morgan fingerprint density at radius 1 is 1.23 bits per heavy atom. The van der Waals surface area contributed by atoms with E-state index in [0.29, 0.717) is 5.54 Å². The Hall–Kier alpha value is -1.30. The molecule has 0 saturated carbocycles. The Morgan fingerprint density at radius 2 is 1.73 bits per heavy atom. The van der Waals surface area contributed by atoms with Crippen LogP contribution in [0.2, 0.25) is 24.2 Å². The van der Waals surface area contributed by atoms with Crippen molar-refractivity contribution in [1.82, 2.24) is 5.32 Å². The summed E-state index contributed by atoms with van der Waals surface area (Å²) in [6.45, 7) is 15.6. The number of hydrogen-bond donors (Lipinski definition) is 2. The number of carbonyl (C=O) groups excluding carboxylic acids is 1. The summed E-state index contributed by atoms with van der Waals surface area (Å²) in [4.78, 5) is 23.7. The fourth-order valence-electron chi connectivity index (χ4n) is 2.12. The lowest BCUT2D eigenvalue weighted by atomic mass is 10.2. The number of ether oxygens (including phenoxy) is 1. The van der Waals surface area contributed by atoms with Crippen LogP contribution < -0.4 is 5.32 Å². The fourth-order valence-corrected chi connectivity index (χ4v) is 4.66. The van der Waals surface area contributed by atoms with Crippen molar-refractivity contribution in [2.24, 2.45) is 0 Å². The molecular formula is C16H31NO4Si. The molecule has 0 aliphatic rings. The van der Waals surface area contributed by atoms with Gasteiger partial charge in [-0.15, -0.1) is 0 Å². The zero-order valence-electron chi connectivity index (χ0n) is 15.1.